The lowest BCUT2D eigenvalue weighted by Crippen LogP contribution is -2.12. The average Bonchev–Trinajstić information content (AvgIpc) is 2.41. The number of hydrogen-bond donors (Lipinski definition) is 0. The fourth-order valence-electron chi connectivity index (χ4n) is 2.33. The molecule has 1 fully saturated rings. The molecule has 0 aromatic heterocycles. The van der Waals surface area contributed by atoms with Gasteiger partial charge < -0.3 is 0 Å². The molecule has 1 saturated carbocycles. The van der Waals surface area contributed by atoms with Gasteiger partial charge in [0.05, 0.1) is 0 Å². The molecule has 2 atom stereocenters. The number of carbonyl (C=O) groups is 1. The molecule has 0 aromatic rings. The van der Waals surface area contributed by atoms with Crippen LogP contribution in [0.2, 0.25) is 0 Å². The molecule has 0 N–H and O–H groups in total. The molecular formula is C9H12O. The smallest absolute Gasteiger partial charge is 0.146 e. The topological polar surface area (TPSA) is 17.1 Å². The molecule has 2 aliphatic carbocycles. The maximum Gasteiger partial charge on any atom is 0.146 e. The van der Waals surface area contributed by atoms with Crippen LogP contribution >= 0.6 is 0 Å². The van der Waals surface area contributed by atoms with Crippen molar-refractivity contribution in [3.8, 4) is 0 Å². The van der Waals surface area contributed by atoms with Gasteiger partial charge in [-0.2, -0.15) is 0 Å². The zero-order valence-electron chi connectivity index (χ0n) is 6.26. The maximum absolute atomic E-state index is 10.5. The first-order chi connectivity index (χ1) is 4.74. The van der Waals surface area contributed by atoms with Crippen LogP contribution < -0.4 is 0 Å². The minimum Gasteiger partial charge on any atom is -0.298 e. The summed E-state index contributed by atoms with van der Waals surface area (Å²) < 4.78 is 0. The second-order valence-corrected chi connectivity index (χ2v) is 3.80. The summed E-state index contributed by atoms with van der Waals surface area (Å²) >= 11 is 0. The normalized spacial score (nSPS) is 43.7. The van der Waals surface area contributed by atoms with Gasteiger partial charge in [0, 0.05) is 0 Å². The first-order valence-corrected chi connectivity index (χ1v) is 3.92. The molecule has 0 aromatic carbocycles. The summed E-state index contributed by atoms with van der Waals surface area (Å²) in [5.74, 6) is 0.727. The van der Waals surface area contributed by atoms with Crippen molar-refractivity contribution in [1.82, 2.24) is 0 Å². The molecule has 2 aliphatic rings. The van der Waals surface area contributed by atoms with E-state index < -0.39 is 0 Å². The SMILES string of the molecule is CC12CCC(C=C1C=O)C2. The first kappa shape index (κ1) is 6.14. The van der Waals surface area contributed by atoms with E-state index in [-0.39, 0.29) is 5.41 Å². The van der Waals surface area contributed by atoms with E-state index in [0.29, 0.717) is 0 Å². The van der Waals surface area contributed by atoms with Gasteiger partial charge in [-0.25, -0.2) is 0 Å². The van der Waals surface area contributed by atoms with Crippen LogP contribution in [0.3, 0.4) is 0 Å². The number of allylic oxidation sites excluding steroid dienone is 2. The highest BCUT2D eigenvalue weighted by Gasteiger charge is 2.42. The molecule has 2 rings (SSSR count). The Hall–Kier alpha value is -0.590. The summed E-state index contributed by atoms with van der Waals surface area (Å²) in [5.41, 5.74) is 1.33. The third-order valence-electron chi connectivity index (χ3n) is 3.02. The van der Waals surface area contributed by atoms with Gasteiger partial charge in [-0.05, 0) is 36.2 Å². The van der Waals surface area contributed by atoms with Gasteiger partial charge in [0.25, 0.3) is 0 Å². The maximum atomic E-state index is 10.5. The summed E-state index contributed by atoms with van der Waals surface area (Å²) in [6, 6.07) is 0. The average molecular weight is 136 g/mol. The van der Waals surface area contributed by atoms with Crippen molar-refractivity contribution in [2.75, 3.05) is 0 Å². The van der Waals surface area contributed by atoms with E-state index in [1.165, 1.54) is 19.3 Å². The second kappa shape index (κ2) is 1.71. The fourth-order valence-corrected chi connectivity index (χ4v) is 2.33. The molecule has 54 valence electrons. The highest BCUT2D eigenvalue weighted by atomic mass is 16.1. The summed E-state index contributed by atoms with van der Waals surface area (Å²) in [7, 11) is 0. The highest BCUT2D eigenvalue weighted by molar-refractivity contribution is 5.76. The molecule has 0 aliphatic heterocycles. The molecule has 0 heterocycles. The van der Waals surface area contributed by atoms with Crippen molar-refractivity contribution >= 4 is 6.29 Å². The van der Waals surface area contributed by atoms with Crippen LogP contribution in [0.1, 0.15) is 26.2 Å². The Balaban J connectivity index is 2.37. The predicted molar refractivity (Wildman–Crippen MR) is 39.6 cm³/mol. The molecule has 0 saturated heterocycles. The largest absolute Gasteiger partial charge is 0.298 e. The Morgan fingerprint density at radius 1 is 1.80 bits per heavy atom. The van der Waals surface area contributed by atoms with Crippen molar-refractivity contribution in [2.24, 2.45) is 11.3 Å². The van der Waals surface area contributed by atoms with Crippen molar-refractivity contribution in [1.29, 1.82) is 0 Å². The van der Waals surface area contributed by atoms with E-state index in [1.54, 1.807) is 0 Å². The number of aldehydes is 1. The third-order valence-corrected chi connectivity index (χ3v) is 3.02. The van der Waals surface area contributed by atoms with Gasteiger partial charge in [-0.3, -0.25) is 4.79 Å². The van der Waals surface area contributed by atoms with Gasteiger partial charge in [0.1, 0.15) is 6.29 Å². The third kappa shape index (κ3) is 0.606. The Morgan fingerprint density at radius 2 is 2.60 bits per heavy atom. The first-order valence-electron chi connectivity index (χ1n) is 3.92. The molecule has 1 nitrogen and oxygen atoms in total. The molecule has 10 heavy (non-hydrogen) atoms. The quantitative estimate of drug-likeness (QED) is 0.503. The van der Waals surface area contributed by atoms with Crippen molar-refractivity contribution < 1.29 is 4.79 Å². The van der Waals surface area contributed by atoms with E-state index in [1.807, 2.05) is 0 Å². The van der Waals surface area contributed by atoms with Gasteiger partial charge in [0.15, 0.2) is 0 Å². The number of rotatable bonds is 1. The van der Waals surface area contributed by atoms with Gasteiger partial charge in [0.2, 0.25) is 0 Å². The lowest BCUT2D eigenvalue weighted by molar-refractivity contribution is -0.105. The van der Waals surface area contributed by atoms with Crippen LogP contribution in [-0.2, 0) is 4.79 Å². The zero-order valence-corrected chi connectivity index (χ0v) is 6.26. The van der Waals surface area contributed by atoms with E-state index in [4.69, 9.17) is 0 Å². The van der Waals surface area contributed by atoms with Crippen LogP contribution in [0.4, 0.5) is 0 Å². The lowest BCUT2D eigenvalue weighted by atomic mass is 9.83. The summed E-state index contributed by atoms with van der Waals surface area (Å²) in [5, 5.41) is 0. The molecule has 0 spiro atoms. The zero-order chi connectivity index (χ0) is 7.19. The Bertz CT molecular complexity index is 205. The number of carbonyl (C=O) groups excluding carboxylic acids is 1. The summed E-state index contributed by atoms with van der Waals surface area (Å²) in [4.78, 5) is 10.5. The van der Waals surface area contributed by atoms with Crippen LogP contribution in [-0.4, -0.2) is 6.29 Å². The summed E-state index contributed by atoms with van der Waals surface area (Å²) in [6.45, 7) is 2.21. The Morgan fingerprint density at radius 3 is 2.90 bits per heavy atom. The fraction of sp³-hybridized carbons (Fsp3) is 0.667. The molecule has 2 unspecified atom stereocenters. The van der Waals surface area contributed by atoms with Crippen LogP contribution in [0.15, 0.2) is 11.6 Å². The molecule has 1 heteroatoms. The van der Waals surface area contributed by atoms with Crippen LogP contribution in [0.5, 0.6) is 0 Å². The molecular weight excluding hydrogens is 124 g/mol. The van der Waals surface area contributed by atoms with Crippen molar-refractivity contribution in [3.63, 3.8) is 0 Å². The van der Waals surface area contributed by atoms with Crippen LogP contribution in [0.25, 0.3) is 0 Å². The summed E-state index contributed by atoms with van der Waals surface area (Å²) in [6.07, 6.45) is 6.95. The predicted octanol–water partition coefficient (Wildman–Crippen LogP) is 1.93. The van der Waals surface area contributed by atoms with Gasteiger partial charge in [-0.15, -0.1) is 0 Å². The minimum atomic E-state index is 0.270. The van der Waals surface area contributed by atoms with Crippen molar-refractivity contribution in [2.45, 2.75) is 26.2 Å². The Labute approximate surface area is 61.1 Å². The van der Waals surface area contributed by atoms with E-state index >= 15 is 0 Å². The van der Waals surface area contributed by atoms with Crippen molar-refractivity contribution in [3.05, 3.63) is 11.6 Å². The molecule has 0 radical (unpaired) electrons. The molecule has 2 bridgehead atoms. The second-order valence-electron chi connectivity index (χ2n) is 3.80. The lowest BCUT2D eigenvalue weighted by Gasteiger charge is -2.20. The Kier molecular flexibility index (Phi) is 1.05. The molecule has 0 amide bonds. The van der Waals surface area contributed by atoms with E-state index in [2.05, 4.69) is 13.0 Å². The monoisotopic (exact) mass is 136 g/mol. The number of fused-ring (bicyclic) bond motifs is 2. The van der Waals surface area contributed by atoms with E-state index in [0.717, 1.165) is 17.8 Å². The highest BCUT2D eigenvalue weighted by Crippen LogP contribution is 2.52. The number of hydrogen-bond acceptors (Lipinski definition) is 1. The van der Waals surface area contributed by atoms with E-state index in [9.17, 15) is 4.79 Å². The van der Waals surface area contributed by atoms with Gasteiger partial charge >= 0.3 is 0 Å². The van der Waals surface area contributed by atoms with Gasteiger partial charge in [-0.1, -0.05) is 13.0 Å². The minimum absolute atomic E-state index is 0.270. The van der Waals surface area contributed by atoms with Crippen LogP contribution in [0, 0.1) is 11.3 Å². The standard InChI is InChI=1S/C9H12O/c1-9-3-2-7(5-9)4-8(9)6-10/h4,6-7H,2-3,5H2,1H3.